The molecule has 1 aromatic heterocycles. The summed E-state index contributed by atoms with van der Waals surface area (Å²) in [5.41, 5.74) is 8.95. The first-order valence-corrected chi connectivity index (χ1v) is 11.5. The second-order valence-electron chi connectivity index (χ2n) is 9.00. The minimum Gasteiger partial charge on any atom is -0.492 e. The lowest BCUT2D eigenvalue weighted by atomic mass is 9.80. The summed E-state index contributed by atoms with van der Waals surface area (Å²) < 4.78 is 24.4. The zero-order chi connectivity index (χ0) is 22.6. The first-order chi connectivity index (χ1) is 16.0. The van der Waals surface area contributed by atoms with Crippen molar-refractivity contribution in [1.29, 1.82) is 0 Å². The third kappa shape index (κ3) is 3.28. The Morgan fingerprint density at radius 1 is 1.09 bits per heavy atom. The van der Waals surface area contributed by atoms with E-state index in [9.17, 15) is 0 Å². The Morgan fingerprint density at radius 3 is 2.64 bits per heavy atom. The van der Waals surface area contributed by atoms with E-state index in [1.54, 1.807) is 6.20 Å². The van der Waals surface area contributed by atoms with Gasteiger partial charge in [0, 0.05) is 34.5 Å². The van der Waals surface area contributed by atoms with E-state index in [1.807, 2.05) is 42.6 Å². The maximum absolute atomic E-state index is 6.32. The fraction of sp³-hybridized carbons (Fsp3) is 0.280. The number of amidine groups is 1. The molecule has 168 valence electrons. The first-order valence-electron chi connectivity index (χ1n) is 10.7. The van der Waals surface area contributed by atoms with Gasteiger partial charge in [0.2, 0.25) is 0 Å². The average Bonchev–Trinajstić information content (AvgIpc) is 3.19. The summed E-state index contributed by atoms with van der Waals surface area (Å²) >= 11 is 3.78. The topological polar surface area (TPSA) is 88.2 Å². The molecule has 1 atom stereocenters. The lowest BCUT2D eigenvalue weighted by molar-refractivity contribution is -0.120. The number of halogens is 1. The molecule has 2 N–H and O–H groups in total. The van der Waals surface area contributed by atoms with E-state index in [1.165, 1.54) is 0 Å². The maximum atomic E-state index is 6.32. The molecule has 6 rings (SSSR count). The molecule has 0 amide bonds. The zero-order valence-electron chi connectivity index (χ0n) is 18.0. The first kappa shape index (κ1) is 20.5. The number of pyridine rings is 1. The molecule has 0 unspecified atom stereocenters. The van der Waals surface area contributed by atoms with Gasteiger partial charge in [-0.3, -0.25) is 4.98 Å². The molecule has 33 heavy (non-hydrogen) atoms. The van der Waals surface area contributed by atoms with Crippen molar-refractivity contribution in [3.8, 4) is 28.4 Å². The van der Waals surface area contributed by atoms with Crippen LogP contribution in [0.5, 0.6) is 17.2 Å². The van der Waals surface area contributed by atoms with E-state index in [0.717, 1.165) is 38.2 Å². The van der Waals surface area contributed by atoms with Crippen LogP contribution in [-0.4, -0.2) is 37.4 Å². The van der Waals surface area contributed by atoms with Gasteiger partial charge < -0.3 is 24.7 Å². The van der Waals surface area contributed by atoms with E-state index in [-0.39, 0.29) is 18.0 Å². The van der Waals surface area contributed by atoms with Gasteiger partial charge in [-0.25, -0.2) is 4.99 Å². The summed E-state index contributed by atoms with van der Waals surface area (Å²) in [4.78, 5) is 9.06. The SMILES string of the molecule is CC1(COc2ccc3c(c2Br)[C@]2(COC(N)=N2)c2cc(-c4cccnc4)ccc2O3)COC1. The highest BCUT2D eigenvalue weighted by atomic mass is 79.9. The molecule has 0 bridgehead atoms. The lowest BCUT2D eigenvalue weighted by Gasteiger charge is -2.38. The Kier molecular flexibility index (Phi) is 4.64. The lowest BCUT2D eigenvalue weighted by Crippen LogP contribution is -2.44. The highest BCUT2D eigenvalue weighted by molar-refractivity contribution is 9.10. The highest BCUT2D eigenvalue weighted by Gasteiger charge is 2.49. The summed E-state index contributed by atoms with van der Waals surface area (Å²) in [6, 6.07) is 14.0. The van der Waals surface area contributed by atoms with Crippen LogP contribution in [-0.2, 0) is 15.0 Å². The molecule has 4 heterocycles. The fourth-order valence-electron chi connectivity index (χ4n) is 4.51. The minimum absolute atomic E-state index is 0.0216. The van der Waals surface area contributed by atoms with Gasteiger partial charge >= 0.3 is 0 Å². The molecule has 3 aliphatic rings. The molecular formula is C25H22BrN3O4. The summed E-state index contributed by atoms with van der Waals surface area (Å²) in [5, 5.41) is 0. The number of aliphatic imine (C=N–C) groups is 1. The molecule has 0 saturated carbocycles. The summed E-state index contributed by atoms with van der Waals surface area (Å²) in [6.45, 7) is 4.37. The van der Waals surface area contributed by atoms with Crippen LogP contribution in [0.4, 0.5) is 0 Å². The van der Waals surface area contributed by atoms with Crippen molar-refractivity contribution in [2.24, 2.45) is 16.1 Å². The Hall–Kier alpha value is -3.10. The summed E-state index contributed by atoms with van der Waals surface area (Å²) in [6.07, 6.45) is 3.59. The molecule has 8 heteroatoms. The van der Waals surface area contributed by atoms with E-state index in [2.05, 4.69) is 33.9 Å². The molecule has 1 saturated heterocycles. The van der Waals surface area contributed by atoms with Gasteiger partial charge in [-0.1, -0.05) is 19.1 Å². The fourth-order valence-corrected chi connectivity index (χ4v) is 5.28. The minimum atomic E-state index is -0.854. The van der Waals surface area contributed by atoms with Crippen LogP contribution in [0.2, 0.25) is 0 Å². The number of rotatable bonds is 4. The third-order valence-electron chi connectivity index (χ3n) is 6.33. The van der Waals surface area contributed by atoms with Crippen molar-refractivity contribution in [1.82, 2.24) is 4.98 Å². The molecule has 1 fully saturated rings. The van der Waals surface area contributed by atoms with Crippen LogP contribution >= 0.6 is 15.9 Å². The van der Waals surface area contributed by atoms with Crippen molar-refractivity contribution in [3.63, 3.8) is 0 Å². The Bertz CT molecular complexity index is 1280. The van der Waals surface area contributed by atoms with Gasteiger partial charge in [0.15, 0.2) is 5.54 Å². The summed E-state index contributed by atoms with van der Waals surface area (Å²) in [5.74, 6) is 2.13. The number of benzene rings is 2. The van der Waals surface area contributed by atoms with Crippen LogP contribution in [0.15, 0.2) is 64.3 Å². The van der Waals surface area contributed by atoms with Crippen molar-refractivity contribution in [3.05, 3.63) is 70.5 Å². The normalized spacial score (nSPS) is 21.8. The molecule has 2 aromatic carbocycles. The Morgan fingerprint density at radius 2 is 1.94 bits per heavy atom. The largest absolute Gasteiger partial charge is 0.492 e. The van der Waals surface area contributed by atoms with Crippen molar-refractivity contribution in [2.75, 3.05) is 26.4 Å². The average molecular weight is 508 g/mol. The number of nitrogens with two attached hydrogens (primary N) is 1. The van der Waals surface area contributed by atoms with Crippen LogP contribution in [0, 0.1) is 5.41 Å². The standard InChI is InChI=1S/C25H22BrN3O4/c1-24(11-30-12-24)13-31-20-7-6-19-21(22(20)26)25(14-32-23(27)29-25)17-9-15(4-5-18(17)33-19)16-3-2-8-28-10-16/h2-10H,11-14H2,1H3,(H2,27,29)/t25-/m0/s1. The number of hydrogen-bond acceptors (Lipinski definition) is 7. The Labute approximate surface area is 199 Å². The summed E-state index contributed by atoms with van der Waals surface area (Å²) in [7, 11) is 0. The van der Waals surface area contributed by atoms with Gasteiger partial charge in [0.25, 0.3) is 6.02 Å². The van der Waals surface area contributed by atoms with Crippen LogP contribution < -0.4 is 15.2 Å². The number of fused-ring (bicyclic) bond motifs is 4. The van der Waals surface area contributed by atoms with E-state index >= 15 is 0 Å². The smallest absolute Gasteiger partial charge is 0.283 e. The van der Waals surface area contributed by atoms with Crippen molar-refractivity contribution in [2.45, 2.75) is 12.5 Å². The van der Waals surface area contributed by atoms with Crippen LogP contribution in [0.1, 0.15) is 18.1 Å². The zero-order valence-corrected chi connectivity index (χ0v) is 19.6. The predicted octanol–water partition coefficient (Wildman–Crippen LogP) is 4.62. The number of aromatic nitrogens is 1. The molecule has 3 aromatic rings. The number of hydrogen-bond donors (Lipinski definition) is 1. The number of ether oxygens (including phenoxy) is 4. The molecule has 0 radical (unpaired) electrons. The second kappa shape index (κ2) is 7.46. The maximum Gasteiger partial charge on any atom is 0.283 e. The third-order valence-corrected chi connectivity index (χ3v) is 7.12. The quantitative estimate of drug-likeness (QED) is 0.554. The van der Waals surface area contributed by atoms with Crippen molar-refractivity contribution >= 4 is 22.0 Å². The monoisotopic (exact) mass is 507 g/mol. The second-order valence-corrected chi connectivity index (χ2v) is 9.79. The highest BCUT2D eigenvalue weighted by Crippen LogP contribution is 2.55. The van der Waals surface area contributed by atoms with E-state index in [4.69, 9.17) is 29.7 Å². The Balaban J connectivity index is 1.47. The van der Waals surface area contributed by atoms with Gasteiger partial charge in [-0.2, -0.15) is 0 Å². The van der Waals surface area contributed by atoms with Gasteiger partial charge in [0.1, 0.15) is 23.9 Å². The van der Waals surface area contributed by atoms with Gasteiger partial charge in [-0.15, -0.1) is 0 Å². The molecule has 7 nitrogen and oxygen atoms in total. The van der Waals surface area contributed by atoms with Crippen LogP contribution in [0.3, 0.4) is 0 Å². The molecule has 1 spiro atoms. The van der Waals surface area contributed by atoms with E-state index in [0.29, 0.717) is 25.6 Å². The number of nitrogens with zero attached hydrogens (tertiary/aromatic N) is 2. The molecule has 3 aliphatic heterocycles. The van der Waals surface area contributed by atoms with Gasteiger partial charge in [0.05, 0.1) is 24.3 Å². The van der Waals surface area contributed by atoms with Crippen LogP contribution in [0.25, 0.3) is 11.1 Å². The van der Waals surface area contributed by atoms with Crippen molar-refractivity contribution < 1.29 is 18.9 Å². The van der Waals surface area contributed by atoms with E-state index < -0.39 is 5.54 Å². The molecular weight excluding hydrogens is 486 g/mol. The van der Waals surface area contributed by atoms with Gasteiger partial charge in [-0.05, 0) is 51.8 Å². The molecule has 0 aliphatic carbocycles. The predicted molar refractivity (Wildman–Crippen MR) is 127 cm³/mol.